The molecule has 0 radical (unpaired) electrons. The van der Waals surface area contributed by atoms with Crippen LogP contribution in [0.25, 0.3) is 0 Å². The summed E-state index contributed by atoms with van der Waals surface area (Å²) in [5, 5.41) is 0. The Hall–Kier alpha value is -1.94. The van der Waals surface area contributed by atoms with Crippen LogP contribution in [0.4, 0.5) is 14.5 Å². The third kappa shape index (κ3) is 3.12. The molecule has 0 aromatic heterocycles. The third-order valence-electron chi connectivity index (χ3n) is 4.25. The van der Waals surface area contributed by atoms with Crippen LogP contribution >= 0.6 is 0 Å². The predicted molar refractivity (Wildman–Crippen MR) is 85.1 cm³/mol. The molecular weight excluding hydrogens is 282 g/mol. The normalized spacial score (nSPS) is 21.9. The first-order valence-corrected chi connectivity index (χ1v) is 7.55. The van der Waals surface area contributed by atoms with Gasteiger partial charge in [-0.25, -0.2) is 8.78 Å². The minimum Gasteiger partial charge on any atom is -0.367 e. The molecular formula is C18H20F2N2. The highest BCUT2D eigenvalue weighted by Gasteiger charge is 2.28. The maximum Gasteiger partial charge on any atom is 0.146 e. The Kier molecular flexibility index (Phi) is 4.12. The second-order valence-electron chi connectivity index (χ2n) is 6.11. The van der Waals surface area contributed by atoms with Crippen molar-refractivity contribution < 1.29 is 8.78 Å². The van der Waals surface area contributed by atoms with Crippen LogP contribution in [0.5, 0.6) is 0 Å². The Morgan fingerprint density at radius 3 is 2.68 bits per heavy atom. The molecule has 1 aliphatic heterocycles. The fourth-order valence-corrected chi connectivity index (χ4v) is 3.23. The molecule has 2 nitrogen and oxygen atoms in total. The summed E-state index contributed by atoms with van der Waals surface area (Å²) in [6.45, 7) is 3.25. The lowest BCUT2D eigenvalue weighted by molar-refractivity contribution is 0.448. The standard InChI is InChI=1S/C18H20F2N2/c1-12-3-2-4-13(7-12)14-8-16(21)11-22(10-14)18-9-15(19)5-6-17(18)20/h2-7,9,14,16H,8,10-11,21H2,1H3. The van der Waals surface area contributed by atoms with E-state index in [1.807, 2.05) is 11.0 Å². The fourth-order valence-electron chi connectivity index (χ4n) is 3.23. The lowest BCUT2D eigenvalue weighted by Gasteiger charge is -2.38. The molecule has 0 saturated carbocycles. The summed E-state index contributed by atoms with van der Waals surface area (Å²) in [6, 6.07) is 11.8. The predicted octanol–water partition coefficient (Wildman–Crippen LogP) is 3.59. The summed E-state index contributed by atoms with van der Waals surface area (Å²) < 4.78 is 27.5. The lowest BCUT2D eigenvalue weighted by atomic mass is 9.87. The molecule has 1 aliphatic rings. The van der Waals surface area contributed by atoms with Gasteiger partial charge in [0.15, 0.2) is 0 Å². The van der Waals surface area contributed by atoms with E-state index in [4.69, 9.17) is 5.73 Å². The summed E-state index contributed by atoms with van der Waals surface area (Å²) in [5.74, 6) is -0.604. The van der Waals surface area contributed by atoms with Gasteiger partial charge in [-0.3, -0.25) is 0 Å². The van der Waals surface area contributed by atoms with Crippen molar-refractivity contribution in [3.8, 4) is 0 Å². The van der Waals surface area contributed by atoms with Crippen molar-refractivity contribution in [3.63, 3.8) is 0 Å². The zero-order valence-electron chi connectivity index (χ0n) is 12.6. The van der Waals surface area contributed by atoms with E-state index in [1.165, 1.54) is 23.3 Å². The van der Waals surface area contributed by atoms with Crippen LogP contribution in [0.2, 0.25) is 0 Å². The summed E-state index contributed by atoms with van der Waals surface area (Å²) in [6.07, 6.45) is 0.858. The van der Waals surface area contributed by atoms with Crippen molar-refractivity contribution in [2.45, 2.75) is 25.3 Å². The molecule has 3 rings (SSSR count). The molecule has 2 unspecified atom stereocenters. The van der Waals surface area contributed by atoms with Gasteiger partial charge >= 0.3 is 0 Å². The Balaban J connectivity index is 1.89. The second kappa shape index (κ2) is 6.05. The molecule has 0 aliphatic carbocycles. The number of benzene rings is 2. The third-order valence-corrected chi connectivity index (χ3v) is 4.25. The Labute approximate surface area is 129 Å². The van der Waals surface area contributed by atoms with Gasteiger partial charge in [0, 0.05) is 31.1 Å². The topological polar surface area (TPSA) is 29.3 Å². The average Bonchev–Trinajstić information content (AvgIpc) is 2.49. The second-order valence-corrected chi connectivity index (χ2v) is 6.11. The minimum absolute atomic E-state index is 0.0538. The monoisotopic (exact) mass is 302 g/mol. The van der Waals surface area contributed by atoms with Crippen molar-refractivity contribution >= 4 is 5.69 Å². The highest BCUT2D eigenvalue weighted by molar-refractivity contribution is 5.49. The number of rotatable bonds is 2. The van der Waals surface area contributed by atoms with Gasteiger partial charge in [0.05, 0.1) is 5.69 Å². The van der Waals surface area contributed by atoms with Crippen molar-refractivity contribution in [1.82, 2.24) is 0 Å². The van der Waals surface area contributed by atoms with Crippen LogP contribution in [0.1, 0.15) is 23.5 Å². The Bertz CT molecular complexity index is 672. The number of aryl methyl sites for hydroxylation is 1. The zero-order valence-corrected chi connectivity index (χ0v) is 12.6. The molecule has 1 fully saturated rings. The molecule has 2 aromatic rings. The maximum absolute atomic E-state index is 14.0. The number of anilines is 1. The van der Waals surface area contributed by atoms with E-state index in [0.29, 0.717) is 18.8 Å². The molecule has 1 heterocycles. The summed E-state index contributed by atoms with van der Waals surface area (Å²) >= 11 is 0. The molecule has 0 bridgehead atoms. The largest absolute Gasteiger partial charge is 0.367 e. The van der Waals surface area contributed by atoms with Crippen molar-refractivity contribution in [2.75, 3.05) is 18.0 Å². The van der Waals surface area contributed by atoms with Crippen LogP contribution in [-0.4, -0.2) is 19.1 Å². The van der Waals surface area contributed by atoms with Gasteiger partial charge in [-0.1, -0.05) is 29.8 Å². The molecule has 4 heteroatoms. The summed E-state index contributed by atoms with van der Waals surface area (Å²) in [4.78, 5) is 1.86. The van der Waals surface area contributed by atoms with E-state index in [0.717, 1.165) is 12.5 Å². The van der Waals surface area contributed by atoms with Crippen molar-refractivity contribution in [2.24, 2.45) is 5.73 Å². The van der Waals surface area contributed by atoms with Gasteiger partial charge < -0.3 is 10.6 Å². The quantitative estimate of drug-likeness (QED) is 0.918. The molecule has 0 spiro atoms. The smallest absolute Gasteiger partial charge is 0.146 e. The number of hydrogen-bond donors (Lipinski definition) is 1. The van der Waals surface area contributed by atoms with Crippen LogP contribution in [-0.2, 0) is 0 Å². The van der Waals surface area contributed by atoms with Crippen LogP contribution < -0.4 is 10.6 Å². The molecule has 2 atom stereocenters. The molecule has 2 aromatic carbocycles. The van der Waals surface area contributed by atoms with Crippen molar-refractivity contribution in [3.05, 3.63) is 65.2 Å². The van der Waals surface area contributed by atoms with Gasteiger partial charge in [-0.05, 0) is 31.0 Å². The van der Waals surface area contributed by atoms with Gasteiger partial charge in [0.1, 0.15) is 11.6 Å². The van der Waals surface area contributed by atoms with Gasteiger partial charge in [-0.2, -0.15) is 0 Å². The fraction of sp³-hybridized carbons (Fsp3) is 0.333. The summed E-state index contributed by atoms with van der Waals surface area (Å²) in [5.41, 5.74) is 8.86. The highest BCUT2D eigenvalue weighted by Crippen LogP contribution is 2.31. The van der Waals surface area contributed by atoms with Gasteiger partial charge in [0.2, 0.25) is 0 Å². The number of piperidine rings is 1. The SMILES string of the molecule is Cc1cccc(C2CC(N)CN(c3cc(F)ccc3F)C2)c1. The highest BCUT2D eigenvalue weighted by atomic mass is 19.1. The molecule has 1 saturated heterocycles. The van der Waals surface area contributed by atoms with Gasteiger partial charge in [0.25, 0.3) is 0 Å². The molecule has 116 valence electrons. The Morgan fingerprint density at radius 1 is 1.09 bits per heavy atom. The van der Waals surface area contributed by atoms with Crippen LogP contribution in [0.15, 0.2) is 42.5 Å². The van der Waals surface area contributed by atoms with Crippen LogP contribution in [0, 0.1) is 18.6 Å². The van der Waals surface area contributed by atoms with E-state index in [2.05, 4.69) is 25.1 Å². The average molecular weight is 302 g/mol. The lowest BCUT2D eigenvalue weighted by Crippen LogP contribution is -2.46. The van der Waals surface area contributed by atoms with Gasteiger partial charge in [-0.15, -0.1) is 0 Å². The van der Waals surface area contributed by atoms with E-state index in [-0.39, 0.29) is 12.0 Å². The number of nitrogens with two attached hydrogens (primary N) is 1. The number of hydrogen-bond acceptors (Lipinski definition) is 2. The Morgan fingerprint density at radius 2 is 1.91 bits per heavy atom. The zero-order chi connectivity index (χ0) is 15.7. The molecule has 22 heavy (non-hydrogen) atoms. The maximum atomic E-state index is 14.0. The van der Waals surface area contributed by atoms with E-state index < -0.39 is 11.6 Å². The van der Waals surface area contributed by atoms with Crippen LogP contribution in [0.3, 0.4) is 0 Å². The first-order chi connectivity index (χ1) is 10.5. The number of nitrogens with zero attached hydrogens (tertiary/aromatic N) is 1. The number of halogens is 2. The molecule has 2 N–H and O–H groups in total. The first kappa shape index (κ1) is 15.0. The van der Waals surface area contributed by atoms with E-state index >= 15 is 0 Å². The molecule has 0 amide bonds. The van der Waals surface area contributed by atoms with Crippen molar-refractivity contribution in [1.29, 1.82) is 0 Å². The minimum atomic E-state index is -0.428. The van der Waals surface area contributed by atoms with E-state index in [9.17, 15) is 8.78 Å². The first-order valence-electron chi connectivity index (χ1n) is 7.55. The summed E-state index contributed by atoms with van der Waals surface area (Å²) in [7, 11) is 0. The van der Waals surface area contributed by atoms with E-state index in [1.54, 1.807) is 0 Å².